The number of benzene rings is 1. The third kappa shape index (κ3) is 2.01. The summed E-state index contributed by atoms with van der Waals surface area (Å²) in [6.07, 6.45) is 0. The van der Waals surface area contributed by atoms with Gasteiger partial charge in [-0.3, -0.25) is 0 Å². The molecule has 0 atom stereocenters. The van der Waals surface area contributed by atoms with E-state index in [1.807, 2.05) is 0 Å². The highest BCUT2D eigenvalue weighted by Crippen LogP contribution is 2.23. The van der Waals surface area contributed by atoms with E-state index in [2.05, 4.69) is 42.0 Å². The van der Waals surface area contributed by atoms with E-state index in [1.165, 1.54) is 12.1 Å². The highest BCUT2D eigenvalue weighted by atomic mass is 79.9. The van der Waals surface area contributed by atoms with Crippen molar-refractivity contribution in [2.75, 3.05) is 0 Å². The minimum Gasteiger partial charge on any atom is -0.333 e. The van der Waals surface area contributed by atoms with Gasteiger partial charge in [0.2, 0.25) is 4.73 Å². The summed E-state index contributed by atoms with van der Waals surface area (Å²) in [6.45, 7) is 0. The van der Waals surface area contributed by atoms with Crippen LogP contribution in [-0.4, -0.2) is 10.1 Å². The number of rotatable bonds is 1. The summed E-state index contributed by atoms with van der Waals surface area (Å²) in [6, 6.07) is 4.38. The maximum Gasteiger partial charge on any atom is 0.258 e. The number of hydrogen-bond acceptors (Lipinski definition) is 3. The first-order chi connectivity index (χ1) is 6.65. The first kappa shape index (κ1) is 9.79. The zero-order valence-corrected chi connectivity index (χ0v) is 9.84. The van der Waals surface area contributed by atoms with Gasteiger partial charge in [-0.15, -0.1) is 0 Å². The highest BCUT2D eigenvalue weighted by molar-refractivity contribution is 9.10. The predicted molar refractivity (Wildman–Crippen MR) is 55.1 cm³/mol. The quantitative estimate of drug-likeness (QED) is 0.808. The Morgan fingerprint density at radius 2 is 2.00 bits per heavy atom. The number of hydrogen-bond donors (Lipinski definition) is 0. The second-order valence-electron chi connectivity index (χ2n) is 2.53. The number of halogens is 3. The molecule has 0 saturated carbocycles. The zero-order chi connectivity index (χ0) is 10.1. The standard InChI is InChI=1S/C8H3Br2FN2O/c9-5-1-4(2-6(11)3-5)7-12-8(10)13-14-7/h1-3H. The van der Waals surface area contributed by atoms with Crippen molar-refractivity contribution in [3.8, 4) is 11.5 Å². The molecule has 6 heteroatoms. The molecule has 0 fully saturated rings. The molecule has 1 aromatic carbocycles. The fourth-order valence-electron chi connectivity index (χ4n) is 1.00. The maximum atomic E-state index is 13.0. The van der Waals surface area contributed by atoms with E-state index in [0.717, 1.165) is 0 Å². The highest BCUT2D eigenvalue weighted by Gasteiger charge is 2.08. The monoisotopic (exact) mass is 320 g/mol. The lowest BCUT2D eigenvalue weighted by Crippen LogP contribution is -1.81. The van der Waals surface area contributed by atoms with Crippen molar-refractivity contribution >= 4 is 31.9 Å². The number of nitrogens with zero attached hydrogens (tertiary/aromatic N) is 2. The largest absolute Gasteiger partial charge is 0.333 e. The summed E-state index contributed by atoms with van der Waals surface area (Å²) in [5.74, 6) is -0.0826. The van der Waals surface area contributed by atoms with Gasteiger partial charge >= 0.3 is 0 Å². The second kappa shape index (κ2) is 3.78. The smallest absolute Gasteiger partial charge is 0.258 e. The Labute approximate surface area is 95.6 Å². The number of aromatic nitrogens is 2. The molecule has 0 amide bonds. The first-order valence-corrected chi connectivity index (χ1v) is 5.19. The Morgan fingerprint density at radius 1 is 1.21 bits per heavy atom. The lowest BCUT2D eigenvalue weighted by Gasteiger charge is -1.95. The first-order valence-electron chi connectivity index (χ1n) is 3.61. The van der Waals surface area contributed by atoms with Gasteiger partial charge in [0.15, 0.2) is 0 Å². The van der Waals surface area contributed by atoms with Crippen molar-refractivity contribution in [1.82, 2.24) is 10.1 Å². The molecular formula is C8H3Br2FN2O. The Morgan fingerprint density at radius 3 is 2.57 bits per heavy atom. The molecule has 3 nitrogen and oxygen atoms in total. The molecule has 0 saturated heterocycles. The molecule has 2 rings (SSSR count). The third-order valence-corrected chi connectivity index (χ3v) is 2.29. The van der Waals surface area contributed by atoms with Gasteiger partial charge in [0.1, 0.15) is 5.82 Å². The van der Waals surface area contributed by atoms with Crippen molar-refractivity contribution in [3.05, 3.63) is 33.2 Å². The lowest BCUT2D eigenvalue weighted by atomic mass is 10.2. The van der Waals surface area contributed by atoms with Crippen molar-refractivity contribution in [2.45, 2.75) is 0 Å². The van der Waals surface area contributed by atoms with Crippen LogP contribution in [0.4, 0.5) is 4.39 Å². The van der Waals surface area contributed by atoms with Gasteiger partial charge in [-0.2, -0.15) is 4.98 Å². The minimum absolute atomic E-state index is 0.275. The summed E-state index contributed by atoms with van der Waals surface area (Å²) < 4.78 is 18.8. The fourth-order valence-corrected chi connectivity index (χ4v) is 1.70. The van der Waals surface area contributed by atoms with Crippen LogP contribution in [-0.2, 0) is 0 Å². The molecule has 0 N–H and O–H groups in total. The van der Waals surface area contributed by atoms with Crippen LogP contribution in [0.3, 0.4) is 0 Å². The molecule has 1 aromatic heterocycles. The minimum atomic E-state index is -0.358. The van der Waals surface area contributed by atoms with Crippen LogP contribution in [0.25, 0.3) is 11.5 Å². The molecule has 0 radical (unpaired) electrons. The van der Waals surface area contributed by atoms with Gasteiger partial charge < -0.3 is 4.52 Å². The van der Waals surface area contributed by atoms with Crippen LogP contribution in [0, 0.1) is 5.82 Å². The van der Waals surface area contributed by atoms with Gasteiger partial charge in [-0.05, 0) is 39.3 Å². The van der Waals surface area contributed by atoms with Gasteiger partial charge in [0.25, 0.3) is 5.89 Å². The van der Waals surface area contributed by atoms with E-state index >= 15 is 0 Å². The molecule has 0 spiro atoms. The average Bonchev–Trinajstić information content (AvgIpc) is 2.50. The summed E-state index contributed by atoms with van der Waals surface area (Å²) in [5, 5.41) is 3.55. The Balaban J connectivity index is 2.51. The topological polar surface area (TPSA) is 38.9 Å². The van der Waals surface area contributed by atoms with Crippen molar-refractivity contribution in [3.63, 3.8) is 0 Å². The van der Waals surface area contributed by atoms with E-state index in [-0.39, 0.29) is 11.7 Å². The Hall–Kier alpha value is -0.750. The fraction of sp³-hybridized carbons (Fsp3) is 0. The van der Waals surface area contributed by atoms with Crippen LogP contribution in [0.5, 0.6) is 0 Å². The van der Waals surface area contributed by atoms with E-state index in [4.69, 9.17) is 4.52 Å². The molecule has 0 bridgehead atoms. The van der Waals surface area contributed by atoms with Gasteiger partial charge in [-0.1, -0.05) is 15.9 Å². The van der Waals surface area contributed by atoms with E-state index in [1.54, 1.807) is 6.07 Å². The van der Waals surface area contributed by atoms with Crippen molar-refractivity contribution in [1.29, 1.82) is 0 Å². The molecule has 1 heterocycles. The molecular weight excluding hydrogens is 319 g/mol. The molecule has 72 valence electrons. The van der Waals surface area contributed by atoms with Crippen LogP contribution in [0.1, 0.15) is 0 Å². The van der Waals surface area contributed by atoms with Gasteiger partial charge in [0.05, 0.1) is 0 Å². The summed E-state index contributed by atoms with van der Waals surface area (Å²) in [7, 11) is 0. The van der Waals surface area contributed by atoms with Gasteiger partial charge in [0, 0.05) is 10.0 Å². The SMILES string of the molecule is Fc1cc(Br)cc(-c2nc(Br)no2)c1. The molecule has 0 unspecified atom stereocenters. The summed E-state index contributed by atoms with van der Waals surface area (Å²) in [5.41, 5.74) is 0.537. The lowest BCUT2D eigenvalue weighted by molar-refractivity contribution is 0.426. The van der Waals surface area contributed by atoms with Crippen molar-refractivity contribution in [2.24, 2.45) is 0 Å². The normalized spacial score (nSPS) is 10.5. The Kier molecular flexibility index (Phi) is 2.64. The Bertz CT molecular complexity index is 452. The van der Waals surface area contributed by atoms with E-state index < -0.39 is 0 Å². The molecule has 0 aliphatic carbocycles. The average molecular weight is 322 g/mol. The van der Waals surface area contributed by atoms with Crippen LogP contribution in [0.2, 0.25) is 0 Å². The third-order valence-electron chi connectivity index (χ3n) is 1.51. The van der Waals surface area contributed by atoms with Gasteiger partial charge in [-0.25, -0.2) is 4.39 Å². The second-order valence-corrected chi connectivity index (χ2v) is 4.15. The molecule has 14 heavy (non-hydrogen) atoms. The van der Waals surface area contributed by atoms with Crippen molar-refractivity contribution < 1.29 is 8.91 Å². The molecule has 2 aromatic rings. The molecule has 0 aliphatic rings. The summed E-state index contributed by atoms with van der Waals surface area (Å²) in [4.78, 5) is 3.91. The zero-order valence-electron chi connectivity index (χ0n) is 6.67. The van der Waals surface area contributed by atoms with Crippen LogP contribution < -0.4 is 0 Å². The summed E-state index contributed by atoms with van der Waals surface area (Å²) >= 11 is 6.22. The van der Waals surface area contributed by atoms with Crippen LogP contribution in [0.15, 0.2) is 31.9 Å². The molecule has 0 aliphatic heterocycles. The van der Waals surface area contributed by atoms with E-state index in [9.17, 15) is 4.39 Å². The van der Waals surface area contributed by atoms with E-state index in [0.29, 0.717) is 14.8 Å². The predicted octanol–water partition coefficient (Wildman–Crippen LogP) is 3.40. The maximum absolute atomic E-state index is 13.0. The van der Waals surface area contributed by atoms with Crippen LogP contribution >= 0.6 is 31.9 Å².